The number of aromatic nitrogens is 2. The summed E-state index contributed by atoms with van der Waals surface area (Å²) in [5.74, 6) is 1.79. The van der Waals surface area contributed by atoms with Gasteiger partial charge in [-0.15, -0.1) is 0 Å². The van der Waals surface area contributed by atoms with E-state index in [0.717, 1.165) is 70.6 Å². The molecule has 0 saturated carbocycles. The van der Waals surface area contributed by atoms with Gasteiger partial charge in [0.25, 0.3) is 0 Å². The van der Waals surface area contributed by atoms with Crippen molar-refractivity contribution >= 4 is 61.8 Å². The fourth-order valence-electron chi connectivity index (χ4n) is 11.6. The Balaban J connectivity index is 0.958. The van der Waals surface area contributed by atoms with Crippen LogP contribution < -0.4 is 10.2 Å². The minimum Gasteiger partial charge on any atom is -0.344 e. The van der Waals surface area contributed by atoms with Gasteiger partial charge in [-0.05, 0) is 115 Å². The molecule has 7 aromatic carbocycles. The summed E-state index contributed by atoms with van der Waals surface area (Å²) in [4.78, 5) is 13.2. The van der Waals surface area contributed by atoms with Gasteiger partial charge in [-0.2, -0.15) is 0 Å². The zero-order valence-electron chi connectivity index (χ0n) is 38.1. The molecule has 14 rings (SSSR count). The maximum absolute atomic E-state index is 5.36. The number of fused-ring (bicyclic) bond motifs is 9. The minimum absolute atomic E-state index is 0.0944. The molecule has 6 nitrogen and oxygen atoms in total. The van der Waals surface area contributed by atoms with Crippen molar-refractivity contribution in [1.82, 2.24) is 14.5 Å². The van der Waals surface area contributed by atoms with Crippen molar-refractivity contribution in [2.45, 2.75) is 43.8 Å². The van der Waals surface area contributed by atoms with Gasteiger partial charge in [-0.25, -0.2) is 9.98 Å². The van der Waals surface area contributed by atoms with Crippen LogP contribution in [-0.2, 0) is 6.42 Å². The number of nitrogens with one attached hydrogen (secondary N) is 1. The second-order valence-electron chi connectivity index (χ2n) is 18.7. The molecule has 330 valence electrons. The summed E-state index contributed by atoms with van der Waals surface area (Å²) in [7, 11) is 0. The van der Waals surface area contributed by atoms with E-state index >= 15 is 0 Å². The van der Waals surface area contributed by atoms with Crippen LogP contribution in [0.3, 0.4) is 0 Å². The predicted octanol–water partition coefficient (Wildman–Crippen LogP) is 14.8. The Hall–Kier alpha value is -8.48. The van der Waals surface area contributed by atoms with E-state index in [0.29, 0.717) is 5.84 Å². The quantitative estimate of drug-likeness (QED) is 0.173. The number of amidine groups is 2. The van der Waals surface area contributed by atoms with E-state index in [2.05, 4.69) is 238 Å². The number of rotatable bonds is 7. The molecule has 4 heterocycles. The van der Waals surface area contributed by atoms with Gasteiger partial charge in [0, 0.05) is 55.8 Å². The molecule has 5 aliphatic rings. The lowest BCUT2D eigenvalue weighted by Gasteiger charge is -2.31. The van der Waals surface area contributed by atoms with Crippen LogP contribution in [0.1, 0.15) is 59.3 Å². The number of para-hydroxylation sites is 3. The number of hydrogen-bond donors (Lipinski definition) is 1. The molecular weight excluding hydrogens is 841 g/mol. The number of aliphatic imine (C=N–C) groups is 2. The molecule has 6 heteroatoms. The van der Waals surface area contributed by atoms with E-state index in [1.165, 1.54) is 61.0 Å². The van der Waals surface area contributed by atoms with Crippen molar-refractivity contribution in [3.05, 3.63) is 246 Å². The Kier molecular flexibility index (Phi) is 9.26. The molecule has 3 atom stereocenters. The van der Waals surface area contributed by atoms with Crippen molar-refractivity contribution in [1.29, 1.82) is 0 Å². The van der Waals surface area contributed by atoms with E-state index in [1.54, 1.807) is 0 Å². The van der Waals surface area contributed by atoms with E-state index in [1.807, 2.05) is 0 Å². The summed E-state index contributed by atoms with van der Waals surface area (Å²) < 4.78 is 4.95. The molecule has 2 aliphatic heterocycles. The lowest BCUT2D eigenvalue weighted by atomic mass is 9.91. The van der Waals surface area contributed by atoms with Crippen molar-refractivity contribution in [3.8, 4) is 22.5 Å². The Morgan fingerprint density at radius 1 is 0.536 bits per heavy atom. The first kappa shape index (κ1) is 39.7. The number of hydrogen-bond acceptors (Lipinski definition) is 4. The summed E-state index contributed by atoms with van der Waals surface area (Å²) in [6, 6.07) is 60.2. The van der Waals surface area contributed by atoms with Gasteiger partial charge in [0.05, 0.1) is 34.0 Å². The molecule has 3 aliphatic carbocycles. The van der Waals surface area contributed by atoms with Crippen molar-refractivity contribution in [2.24, 2.45) is 9.98 Å². The van der Waals surface area contributed by atoms with Gasteiger partial charge in [0.15, 0.2) is 5.84 Å². The van der Waals surface area contributed by atoms with Gasteiger partial charge in [-0.3, -0.25) is 0 Å². The van der Waals surface area contributed by atoms with Crippen LogP contribution in [0, 0.1) is 0 Å². The minimum atomic E-state index is -0.283. The third-order valence-corrected chi connectivity index (χ3v) is 14.8. The van der Waals surface area contributed by atoms with Gasteiger partial charge < -0.3 is 19.4 Å². The van der Waals surface area contributed by atoms with Crippen LogP contribution in [0.15, 0.2) is 228 Å². The average Bonchev–Trinajstić information content (AvgIpc) is 4.06. The summed E-state index contributed by atoms with van der Waals surface area (Å²) in [5.41, 5.74) is 17.9. The Morgan fingerprint density at radius 2 is 1.26 bits per heavy atom. The molecule has 0 fully saturated rings. The highest BCUT2D eigenvalue weighted by Gasteiger charge is 2.39. The third-order valence-electron chi connectivity index (χ3n) is 14.8. The second kappa shape index (κ2) is 16.1. The van der Waals surface area contributed by atoms with Crippen LogP contribution in [0.2, 0.25) is 0 Å². The molecule has 69 heavy (non-hydrogen) atoms. The molecule has 3 unspecified atom stereocenters. The SMILES string of the molecule is C1=CC2c3ccccc3N(c3cc(C4=NC(c5ccccc5)NC(C5=CCCC=C5)=N4)ccc3-n3c4ccccc4c4cc(-c5ccc6c(c5)c5c(n6-c6ccccc6)CCC=C5)ccc43)C2C=C1. The van der Waals surface area contributed by atoms with E-state index in [-0.39, 0.29) is 18.1 Å². The largest absolute Gasteiger partial charge is 0.344 e. The van der Waals surface area contributed by atoms with E-state index in [9.17, 15) is 0 Å². The van der Waals surface area contributed by atoms with Crippen LogP contribution in [0.25, 0.3) is 61.3 Å². The van der Waals surface area contributed by atoms with Crippen molar-refractivity contribution < 1.29 is 0 Å². The summed E-state index contributed by atoms with van der Waals surface area (Å²) in [6.07, 6.45) is 24.3. The summed E-state index contributed by atoms with van der Waals surface area (Å²) >= 11 is 0. The normalized spacial score (nSPS) is 19.0. The number of anilines is 2. The number of nitrogens with zero attached hydrogens (tertiary/aromatic N) is 5. The predicted molar refractivity (Wildman–Crippen MR) is 287 cm³/mol. The number of benzene rings is 7. The maximum Gasteiger partial charge on any atom is 0.159 e. The van der Waals surface area contributed by atoms with Crippen molar-refractivity contribution in [3.63, 3.8) is 0 Å². The van der Waals surface area contributed by atoms with Crippen LogP contribution >= 0.6 is 0 Å². The molecule has 0 spiro atoms. The first-order valence-electron chi connectivity index (χ1n) is 24.4. The molecule has 1 N–H and O–H groups in total. The van der Waals surface area contributed by atoms with Crippen LogP contribution in [0.4, 0.5) is 11.4 Å². The molecule has 0 amide bonds. The lowest BCUT2D eigenvalue weighted by Crippen LogP contribution is -2.34. The lowest BCUT2D eigenvalue weighted by molar-refractivity contribution is 0.673. The highest BCUT2D eigenvalue weighted by Crippen LogP contribution is 2.50. The smallest absolute Gasteiger partial charge is 0.159 e. The molecule has 2 aromatic heterocycles. The standard InChI is InChI=1S/C63H48N6/c1-4-18-41(19-5-1)61-64-62(42-20-6-2-7-21-42)66-63(65-61)45-34-37-59(60(40-45)69-54-29-15-10-24-47(54)48-25-11-16-30-55(48)69)68-56-31-17-13-27-50(56)52-39-44(33-36-58(52)68)43-32-35-57-51(38-43)49-26-12-14-28-53(49)67(57)46-22-8-3-9-23-46/h1,3-6,8-13,15-27,29-40,47,54,61H,2,7,14,28H2,(H,64,65,66). The van der Waals surface area contributed by atoms with E-state index < -0.39 is 0 Å². The molecule has 0 bridgehead atoms. The van der Waals surface area contributed by atoms with Crippen LogP contribution in [0.5, 0.6) is 0 Å². The van der Waals surface area contributed by atoms with Gasteiger partial charge in [0.2, 0.25) is 0 Å². The average molecular weight is 889 g/mol. The number of allylic oxidation sites excluding steroid dienone is 5. The molecule has 9 aromatic rings. The zero-order chi connectivity index (χ0) is 45.4. The topological polar surface area (TPSA) is 49.8 Å². The second-order valence-corrected chi connectivity index (χ2v) is 18.7. The Labute approximate surface area is 401 Å². The molecule has 0 radical (unpaired) electrons. The van der Waals surface area contributed by atoms with Crippen LogP contribution in [-0.4, -0.2) is 26.8 Å². The Morgan fingerprint density at radius 3 is 2.12 bits per heavy atom. The fourth-order valence-corrected chi connectivity index (χ4v) is 11.6. The highest BCUT2D eigenvalue weighted by molar-refractivity contribution is 6.15. The van der Waals surface area contributed by atoms with Gasteiger partial charge in [-0.1, -0.05) is 152 Å². The third kappa shape index (κ3) is 6.47. The first-order valence-corrected chi connectivity index (χ1v) is 24.4. The monoisotopic (exact) mass is 888 g/mol. The molecular formula is C63H48N6. The zero-order valence-corrected chi connectivity index (χ0v) is 38.1. The highest BCUT2D eigenvalue weighted by atomic mass is 15.2. The Bertz CT molecular complexity index is 3780. The first-order chi connectivity index (χ1) is 34.2. The van der Waals surface area contributed by atoms with E-state index in [4.69, 9.17) is 9.98 Å². The molecule has 0 saturated heterocycles. The fraction of sp³-hybridized carbons (Fsp3) is 0.111. The van der Waals surface area contributed by atoms with Crippen molar-refractivity contribution in [2.75, 3.05) is 4.90 Å². The summed E-state index contributed by atoms with van der Waals surface area (Å²) in [5, 5.41) is 7.42. The van der Waals surface area contributed by atoms with Gasteiger partial charge >= 0.3 is 0 Å². The summed E-state index contributed by atoms with van der Waals surface area (Å²) in [6.45, 7) is 0. The van der Waals surface area contributed by atoms with Gasteiger partial charge in [0.1, 0.15) is 12.0 Å². The maximum atomic E-state index is 5.36.